The van der Waals surface area contributed by atoms with E-state index in [0.29, 0.717) is 5.56 Å². The highest BCUT2D eigenvalue weighted by Crippen LogP contribution is 2.52. The van der Waals surface area contributed by atoms with Crippen molar-refractivity contribution in [2.45, 2.75) is 5.92 Å². The lowest BCUT2D eigenvalue weighted by molar-refractivity contribution is 0.103. The third kappa shape index (κ3) is 2.58. The van der Waals surface area contributed by atoms with E-state index in [1.807, 2.05) is 36.4 Å². The van der Waals surface area contributed by atoms with Gasteiger partial charge in [0.25, 0.3) is 0 Å². The molecule has 162 valence electrons. The van der Waals surface area contributed by atoms with Gasteiger partial charge in [-0.25, -0.2) is 4.39 Å². The fraction of sp³-hybridized carbons (Fsp3) is 0.0345. The van der Waals surface area contributed by atoms with E-state index in [1.54, 1.807) is 18.3 Å². The van der Waals surface area contributed by atoms with Crippen molar-refractivity contribution in [2.24, 2.45) is 0 Å². The predicted octanol–water partition coefficient (Wildman–Crippen LogP) is 6.53. The molecule has 0 bridgehead atoms. The molecule has 5 heteroatoms. The molecule has 0 radical (unpaired) electrons. The van der Waals surface area contributed by atoms with Crippen molar-refractivity contribution in [1.29, 1.82) is 0 Å². The number of carbonyl (C=O) groups excluding carboxylic acids is 1. The first-order chi connectivity index (χ1) is 16.7. The summed E-state index contributed by atoms with van der Waals surface area (Å²) in [6.07, 6.45) is 1.79. The maximum absolute atomic E-state index is 13.8. The van der Waals surface area contributed by atoms with Crippen molar-refractivity contribution in [3.8, 4) is 11.3 Å². The Balaban J connectivity index is 1.54. The van der Waals surface area contributed by atoms with Crippen LogP contribution in [0.4, 0.5) is 10.1 Å². The molecule has 0 fully saturated rings. The largest absolute Gasteiger partial charge is 0.354 e. The van der Waals surface area contributed by atoms with Crippen LogP contribution in [0, 0.1) is 5.82 Å². The lowest BCUT2D eigenvalue weighted by Gasteiger charge is -2.30. The fourth-order valence-electron chi connectivity index (χ4n) is 5.38. The molecule has 0 saturated heterocycles. The lowest BCUT2D eigenvalue weighted by atomic mass is 9.77. The standard InChI is InChI=1S/C29H18FN3O/c30-18-12-9-17(10-13-18)27-22(15-31-33-27)25-24-19-6-2-1-5-16(19)11-14-23(24)32-28-20-7-3-4-8-21(20)29(34)26(25)28/h1-15,25,32H,(H,31,33). The number of hydrogen-bond donors (Lipinski definition) is 2. The van der Waals surface area contributed by atoms with Crippen molar-refractivity contribution >= 4 is 27.9 Å². The third-order valence-corrected chi connectivity index (χ3v) is 6.88. The summed E-state index contributed by atoms with van der Waals surface area (Å²) in [6, 6.07) is 26.5. The van der Waals surface area contributed by atoms with Crippen LogP contribution in [-0.2, 0) is 0 Å². The SMILES string of the molecule is O=C1C2=C(Nc3ccc4ccccc4c3C2c2cn[nH]c2-c2ccc(F)cc2)c2ccccc21. The topological polar surface area (TPSA) is 57.8 Å². The van der Waals surface area contributed by atoms with Gasteiger partial charge in [-0.1, -0.05) is 54.6 Å². The molecule has 2 aliphatic rings. The zero-order valence-electron chi connectivity index (χ0n) is 18.0. The number of hydrogen-bond acceptors (Lipinski definition) is 3. The van der Waals surface area contributed by atoms with E-state index in [9.17, 15) is 9.18 Å². The van der Waals surface area contributed by atoms with Gasteiger partial charge >= 0.3 is 0 Å². The first-order valence-electron chi connectivity index (χ1n) is 11.2. The number of fused-ring (bicyclic) bond motifs is 5. The summed E-state index contributed by atoms with van der Waals surface area (Å²) in [6.45, 7) is 0. The zero-order valence-corrected chi connectivity index (χ0v) is 18.0. The van der Waals surface area contributed by atoms with E-state index >= 15 is 0 Å². The Bertz CT molecular complexity index is 1660. The Morgan fingerprint density at radius 1 is 0.824 bits per heavy atom. The molecule has 1 aliphatic carbocycles. The van der Waals surface area contributed by atoms with Crippen LogP contribution in [0.25, 0.3) is 27.7 Å². The van der Waals surface area contributed by atoms with Crippen molar-refractivity contribution < 1.29 is 9.18 Å². The minimum atomic E-state index is -0.337. The summed E-state index contributed by atoms with van der Waals surface area (Å²) in [5.41, 5.74) is 7.68. The van der Waals surface area contributed by atoms with E-state index in [4.69, 9.17) is 0 Å². The second-order valence-electron chi connectivity index (χ2n) is 8.68. The highest BCUT2D eigenvalue weighted by Gasteiger charge is 2.41. The molecule has 5 aromatic rings. The Morgan fingerprint density at radius 3 is 2.44 bits per heavy atom. The molecule has 4 aromatic carbocycles. The average molecular weight is 443 g/mol. The van der Waals surface area contributed by atoms with E-state index in [1.165, 1.54) is 12.1 Å². The molecule has 2 heterocycles. The van der Waals surface area contributed by atoms with Crippen molar-refractivity contribution in [2.75, 3.05) is 5.32 Å². The van der Waals surface area contributed by atoms with Gasteiger partial charge in [-0.3, -0.25) is 9.89 Å². The molecule has 1 aromatic heterocycles. The number of aromatic amines is 1. The molecule has 1 unspecified atom stereocenters. The highest BCUT2D eigenvalue weighted by molar-refractivity contribution is 6.24. The summed E-state index contributed by atoms with van der Waals surface area (Å²) in [5.74, 6) is -0.613. The quantitative estimate of drug-likeness (QED) is 0.326. The van der Waals surface area contributed by atoms with Gasteiger partial charge in [-0.15, -0.1) is 0 Å². The molecule has 2 N–H and O–H groups in total. The summed E-state index contributed by atoms with van der Waals surface area (Å²) < 4.78 is 13.6. The smallest absolute Gasteiger partial charge is 0.192 e. The molecule has 0 amide bonds. The Labute approximate surface area is 194 Å². The van der Waals surface area contributed by atoms with Gasteiger partial charge in [0.2, 0.25) is 0 Å². The number of Topliss-reactive ketones (excluding diaryl/α,β-unsaturated/α-hetero) is 1. The fourth-order valence-corrected chi connectivity index (χ4v) is 5.38. The minimum absolute atomic E-state index is 0.0212. The van der Waals surface area contributed by atoms with Crippen LogP contribution >= 0.6 is 0 Å². The molecular formula is C29H18FN3O. The van der Waals surface area contributed by atoms with Crippen molar-refractivity contribution in [3.63, 3.8) is 0 Å². The van der Waals surface area contributed by atoms with Gasteiger partial charge < -0.3 is 5.32 Å². The Kier molecular flexibility index (Phi) is 3.91. The van der Waals surface area contributed by atoms with Crippen LogP contribution in [-0.4, -0.2) is 16.0 Å². The molecule has 34 heavy (non-hydrogen) atoms. The number of nitrogens with zero attached hydrogens (tertiary/aromatic N) is 1. The van der Waals surface area contributed by atoms with Crippen molar-refractivity contribution in [3.05, 3.63) is 125 Å². The summed E-state index contributed by atoms with van der Waals surface area (Å²) in [7, 11) is 0. The van der Waals surface area contributed by atoms with Gasteiger partial charge in [-0.2, -0.15) is 5.10 Å². The van der Waals surface area contributed by atoms with Crippen LogP contribution in [0.5, 0.6) is 0 Å². The molecule has 1 atom stereocenters. The number of benzene rings is 4. The normalized spacial score (nSPS) is 16.3. The lowest BCUT2D eigenvalue weighted by Crippen LogP contribution is -2.19. The monoisotopic (exact) mass is 443 g/mol. The van der Waals surface area contributed by atoms with E-state index in [0.717, 1.165) is 55.7 Å². The molecule has 0 saturated carbocycles. The summed E-state index contributed by atoms with van der Waals surface area (Å²) in [4.78, 5) is 13.8. The van der Waals surface area contributed by atoms with Crippen molar-refractivity contribution in [1.82, 2.24) is 10.2 Å². The summed E-state index contributed by atoms with van der Waals surface area (Å²) in [5, 5.41) is 13.2. The van der Waals surface area contributed by atoms with Gasteiger partial charge in [0.05, 0.1) is 17.6 Å². The third-order valence-electron chi connectivity index (χ3n) is 6.88. The molecule has 1 aliphatic heterocycles. The number of carbonyl (C=O) groups is 1. The maximum atomic E-state index is 13.8. The van der Waals surface area contributed by atoms with Gasteiger partial charge in [0, 0.05) is 39.4 Å². The number of rotatable bonds is 2. The molecular weight excluding hydrogens is 425 g/mol. The Morgan fingerprint density at radius 2 is 1.59 bits per heavy atom. The average Bonchev–Trinajstić information content (AvgIpc) is 3.47. The molecule has 4 nitrogen and oxygen atoms in total. The zero-order chi connectivity index (χ0) is 22.8. The van der Waals surface area contributed by atoms with Crippen LogP contribution in [0.15, 0.2) is 96.7 Å². The van der Waals surface area contributed by atoms with E-state index in [2.05, 4.69) is 39.8 Å². The number of nitrogens with one attached hydrogen (secondary N) is 2. The van der Waals surface area contributed by atoms with Gasteiger partial charge in [-0.05, 0) is 46.7 Å². The van der Waals surface area contributed by atoms with Crippen LogP contribution in [0.3, 0.4) is 0 Å². The number of H-pyrrole nitrogens is 1. The van der Waals surface area contributed by atoms with E-state index < -0.39 is 0 Å². The number of halogens is 1. The van der Waals surface area contributed by atoms with Crippen LogP contribution in [0.1, 0.15) is 33.0 Å². The van der Waals surface area contributed by atoms with Crippen LogP contribution < -0.4 is 5.32 Å². The first-order valence-corrected chi connectivity index (χ1v) is 11.2. The predicted molar refractivity (Wildman–Crippen MR) is 131 cm³/mol. The van der Waals surface area contributed by atoms with E-state index in [-0.39, 0.29) is 17.5 Å². The first kappa shape index (κ1) is 19.0. The number of anilines is 1. The van der Waals surface area contributed by atoms with Crippen LogP contribution in [0.2, 0.25) is 0 Å². The second-order valence-corrected chi connectivity index (χ2v) is 8.68. The number of ketones is 1. The number of aromatic nitrogens is 2. The minimum Gasteiger partial charge on any atom is -0.354 e. The second kappa shape index (κ2) is 6.99. The Hall–Kier alpha value is -4.51. The summed E-state index contributed by atoms with van der Waals surface area (Å²) >= 11 is 0. The van der Waals surface area contributed by atoms with Gasteiger partial charge in [0.1, 0.15) is 5.82 Å². The number of allylic oxidation sites excluding steroid dienone is 1. The molecule has 7 rings (SSSR count). The highest BCUT2D eigenvalue weighted by atomic mass is 19.1. The molecule has 0 spiro atoms. The van der Waals surface area contributed by atoms with Gasteiger partial charge in [0.15, 0.2) is 5.78 Å². The maximum Gasteiger partial charge on any atom is 0.192 e.